The first kappa shape index (κ1) is 42.1. The number of nitrogens with zero attached hydrogens (tertiary/aromatic N) is 8. The molecule has 0 radical (unpaired) electrons. The summed E-state index contributed by atoms with van der Waals surface area (Å²) in [5, 5.41) is 6.70. The van der Waals surface area contributed by atoms with Crippen molar-refractivity contribution in [2.24, 2.45) is 18.4 Å². The Morgan fingerprint density at radius 2 is 1.73 bits per heavy atom. The van der Waals surface area contributed by atoms with Crippen LogP contribution < -0.4 is 26.8 Å². The molecule has 332 valence electrons. The molecule has 10 rings (SSSR count). The number of aromatic nitrogens is 5. The van der Waals surface area contributed by atoms with Gasteiger partial charge in [-0.2, -0.15) is 4.98 Å². The van der Waals surface area contributed by atoms with Crippen LogP contribution in [0.5, 0.6) is 0 Å². The van der Waals surface area contributed by atoms with Crippen LogP contribution in [0.4, 0.5) is 17.3 Å². The predicted octanol–water partition coefficient (Wildman–Crippen LogP) is 5.97. The van der Waals surface area contributed by atoms with E-state index in [2.05, 4.69) is 42.8 Å². The molecule has 2 N–H and O–H groups in total. The molecule has 5 aliphatic rings. The van der Waals surface area contributed by atoms with Crippen LogP contribution in [0.2, 0.25) is 5.02 Å². The minimum Gasteiger partial charge on any atom is -0.370 e. The highest BCUT2D eigenvalue weighted by Crippen LogP contribution is 2.63. The van der Waals surface area contributed by atoms with Gasteiger partial charge in [0.1, 0.15) is 27.7 Å². The first-order valence-corrected chi connectivity index (χ1v) is 24.0. The number of piperidine rings is 3. The summed E-state index contributed by atoms with van der Waals surface area (Å²) in [5.41, 5.74) is 4.62. The lowest BCUT2D eigenvalue weighted by Gasteiger charge is -2.40. The smallest absolute Gasteiger partial charge is 0.329 e. The lowest BCUT2D eigenvalue weighted by Crippen LogP contribution is -2.46. The summed E-state index contributed by atoms with van der Waals surface area (Å²) in [4.78, 5) is 66.5. The summed E-state index contributed by atoms with van der Waals surface area (Å²) in [6.07, 6.45) is 11.7. The van der Waals surface area contributed by atoms with Gasteiger partial charge in [-0.25, -0.2) is 18.3 Å². The van der Waals surface area contributed by atoms with E-state index in [1.165, 1.54) is 0 Å². The molecule has 5 aromatic rings. The fraction of sp³-hybridized carbons (Fsp3) is 0.522. The average Bonchev–Trinajstić information content (AvgIpc) is 3.88. The molecule has 3 atom stereocenters. The van der Waals surface area contributed by atoms with Gasteiger partial charge < -0.3 is 15.1 Å². The molecule has 3 unspecified atom stereocenters. The van der Waals surface area contributed by atoms with Crippen LogP contribution >= 0.6 is 11.6 Å². The number of benzene rings is 2. The van der Waals surface area contributed by atoms with Crippen molar-refractivity contribution in [3.8, 4) is 0 Å². The highest BCUT2D eigenvalue weighted by atomic mass is 35.5. The number of aryl methyl sites for hydroxylation is 2. The zero-order chi connectivity index (χ0) is 43.7. The van der Waals surface area contributed by atoms with Crippen molar-refractivity contribution in [1.82, 2.24) is 38.2 Å². The Labute approximate surface area is 373 Å². The van der Waals surface area contributed by atoms with Crippen LogP contribution in [0.1, 0.15) is 88.3 Å². The molecular formula is C46H55ClN10O5S. The number of carbonyl (C=O) groups excluding carboxylic acids is 2. The Morgan fingerprint density at radius 3 is 2.46 bits per heavy atom. The van der Waals surface area contributed by atoms with E-state index in [4.69, 9.17) is 16.6 Å². The second-order valence-electron chi connectivity index (χ2n) is 18.6. The maximum atomic E-state index is 13.9. The molecule has 6 heterocycles. The Kier molecular flexibility index (Phi) is 11.1. The number of nitrogens with one attached hydrogen (secondary N) is 2. The number of pyridine rings is 1. The van der Waals surface area contributed by atoms with Gasteiger partial charge in [0, 0.05) is 75.5 Å². The molecule has 2 saturated carbocycles. The van der Waals surface area contributed by atoms with Crippen LogP contribution in [0, 0.1) is 18.3 Å². The minimum absolute atomic E-state index is 0.102. The molecule has 2 aliphatic carbocycles. The number of anilines is 3. The molecule has 5 fully saturated rings. The van der Waals surface area contributed by atoms with Gasteiger partial charge in [-0.1, -0.05) is 24.1 Å². The van der Waals surface area contributed by atoms with Crippen LogP contribution in [-0.4, -0.2) is 94.7 Å². The Bertz CT molecular complexity index is 2780. The van der Waals surface area contributed by atoms with E-state index >= 15 is 0 Å². The van der Waals surface area contributed by atoms with Crippen molar-refractivity contribution in [3.63, 3.8) is 0 Å². The monoisotopic (exact) mass is 894 g/mol. The Balaban J connectivity index is 0.737. The normalized spacial score (nSPS) is 22.7. The van der Waals surface area contributed by atoms with Crippen LogP contribution in [-0.2, 0) is 27.6 Å². The number of imidazole rings is 1. The number of halogens is 1. The quantitative estimate of drug-likeness (QED) is 0.160. The lowest BCUT2D eigenvalue weighted by molar-refractivity contribution is -0.135. The molecule has 1 spiro atoms. The van der Waals surface area contributed by atoms with Crippen molar-refractivity contribution < 1.29 is 13.8 Å². The number of rotatable bonds is 10. The zero-order valence-corrected chi connectivity index (χ0v) is 37.7. The summed E-state index contributed by atoms with van der Waals surface area (Å²) in [5.74, 6) is 0.191. The Morgan fingerprint density at radius 1 is 0.952 bits per heavy atom. The van der Waals surface area contributed by atoms with E-state index in [1.54, 1.807) is 28.4 Å². The van der Waals surface area contributed by atoms with Gasteiger partial charge in [-0.3, -0.25) is 33.4 Å². The molecular weight excluding hydrogens is 840 g/mol. The average molecular weight is 896 g/mol. The van der Waals surface area contributed by atoms with Gasteiger partial charge in [-0.15, -0.1) is 0 Å². The number of fused-ring (bicyclic) bond motifs is 2. The van der Waals surface area contributed by atoms with E-state index in [0.29, 0.717) is 35.5 Å². The summed E-state index contributed by atoms with van der Waals surface area (Å²) >= 11 is 6.43. The molecule has 3 aromatic heterocycles. The fourth-order valence-electron chi connectivity index (χ4n) is 11.1. The molecule has 2 amide bonds. The lowest BCUT2D eigenvalue weighted by atomic mass is 9.95. The second kappa shape index (κ2) is 16.6. The zero-order valence-electron chi connectivity index (χ0n) is 36.1. The topological polar surface area (TPSA) is 160 Å². The van der Waals surface area contributed by atoms with E-state index in [1.807, 2.05) is 41.8 Å². The van der Waals surface area contributed by atoms with Crippen molar-refractivity contribution in [2.75, 3.05) is 50.0 Å². The maximum absolute atomic E-state index is 13.9. The van der Waals surface area contributed by atoms with Crippen LogP contribution in [0.25, 0.3) is 22.1 Å². The summed E-state index contributed by atoms with van der Waals surface area (Å²) in [6, 6.07) is 13.2. The molecule has 15 nitrogen and oxygen atoms in total. The number of amides is 2. The van der Waals surface area contributed by atoms with E-state index < -0.39 is 22.9 Å². The van der Waals surface area contributed by atoms with Gasteiger partial charge in [0.2, 0.25) is 17.8 Å². The standard InChI is InChI=1S/C46H55ClN10O5S/c1-28-24-32(9-10-34(28)49-44-48-26-30-25-33(47)43(60)57(41(30)51-44)38-8-5-17-46(38)18-19-46)63(62)55-22-13-29(14-23-55)27-52(2)31-15-20-54(21-16-31)35-6-4-7-36-40(35)53(3)45(61)56(36)37-11-12-39(58)50-42(37)59/h4,6-7,9-10,24-26,29,31,37-38H,5,8,11-23,27H2,1-3H3,(H,48,49,51)(H,50,58,59). The SMILES string of the molecule is Cc1cc(S(=O)N2CCC(CN(C)C3CCN(c4cccc5c4n(C)c(=O)n5C4CCC(=O)NC4=O)CC3)CC2)ccc1Nc1ncc2cc(Cl)c(=O)n(C3CCCC34CC4)c2n1. The third-order valence-electron chi connectivity index (χ3n) is 14.8. The molecule has 3 saturated heterocycles. The predicted molar refractivity (Wildman–Crippen MR) is 245 cm³/mol. The third kappa shape index (κ3) is 7.69. The van der Waals surface area contributed by atoms with Crippen molar-refractivity contribution in [3.05, 3.63) is 80.1 Å². The summed E-state index contributed by atoms with van der Waals surface area (Å²) in [6.45, 7) is 6.22. The number of hydrogen-bond donors (Lipinski definition) is 2. The second-order valence-corrected chi connectivity index (χ2v) is 20.5. The van der Waals surface area contributed by atoms with Gasteiger partial charge in [0.05, 0.1) is 21.6 Å². The van der Waals surface area contributed by atoms with Crippen molar-refractivity contribution in [1.29, 1.82) is 0 Å². The highest BCUT2D eigenvalue weighted by molar-refractivity contribution is 7.82. The molecule has 63 heavy (non-hydrogen) atoms. The van der Waals surface area contributed by atoms with E-state index in [-0.39, 0.29) is 40.1 Å². The van der Waals surface area contributed by atoms with Crippen LogP contribution in [0.15, 0.2) is 63.1 Å². The van der Waals surface area contributed by atoms with Crippen molar-refractivity contribution in [2.45, 2.75) is 101 Å². The summed E-state index contributed by atoms with van der Waals surface area (Å²) in [7, 11) is 2.70. The number of para-hydroxylation sites is 1. The van der Waals surface area contributed by atoms with Gasteiger partial charge in [0.15, 0.2) is 0 Å². The number of hydrogen-bond acceptors (Lipinski definition) is 10. The first-order valence-electron chi connectivity index (χ1n) is 22.5. The number of imide groups is 1. The van der Waals surface area contributed by atoms with E-state index in [0.717, 1.165) is 123 Å². The molecule has 0 bridgehead atoms. The van der Waals surface area contributed by atoms with Crippen molar-refractivity contribution >= 4 is 73.8 Å². The first-order chi connectivity index (χ1) is 30.4. The maximum Gasteiger partial charge on any atom is 0.329 e. The highest BCUT2D eigenvalue weighted by Gasteiger charge is 2.53. The van der Waals surface area contributed by atoms with Gasteiger partial charge in [0.25, 0.3) is 5.56 Å². The van der Waals surface area contributed by atoms with Gasteiger partial charge >= 0.3 is 5.69 Å². The van der Waals surface area contributed by atoms with E-state index in [9.17, 15) is 23.4 Å². The molecule has 17 heteroatoms. The van der Waals surface area contributed by atoms with Crippen LogP contribution in [0.3, 0.4) is 0 Å². The molecule has 2 aromatic carbocycles. The number of carbonyl (C=O) groups is 2. The third-order valence-corrected chi connectivity index (χ3v) is 16.6. The molecule has 3 aliphatic heterocycles. The largest absolute Gasteiger partial charge is 0.370 e. The fourth-order valence-corrected chi connectivity index (χ4v) is 12.6. The minimum atomic E-state index is -1.29. The van der Waals surface area contributed by atoms with Gasteiger partial charge in [-0.05, 0) is 125 Å². The summed E-state index contributed by atoms with van der Waals surface area (Å²) < 4.78 is 21.0. The Hall–Kier alpha value is -4.90.